The number of aromatic nitrogens is 1. The van der Waals surface area contributed by atoms with E-state index in [1.807, 2.05) is 45.0 Å². The second-order valence-corrected chi connectivity index (χ2v) is 5.45. The Kier molecular flexibility index (Phi) is 4.19. The molecule has 112 valence electrons. The molecular formula is C17H22N2O2. The first-order chi connectivity index (χ1) is 9.86. The summed E-state index contributed by atoms with van der Waals surface area (Å²) < 4.78 is 6.90. The normalized spacial score (nSPS) is 12.3. The number of nitrogens with two attached hydrogens (primary N) is 1. The Labute approximate surface area is 125 Å². The van der Waals surface area contributed by atoms with Crippen LogP contribution in [-0.2, 0) is 7.05 Å². The average molecular weight is 286 g/mol. The van der Waals surface area contributed by atoms with Crippen molar-refractivity contribution in [2.45, 2.75) is 26.8 Å². The Morgan fingerprint density at radius 1 is 1.14 bits per heavy atom. The molecule has 0 radical (unpaired) electrons. The van der Waals surface area contributed by atoms with Crippen LogP contribution in [0, 0.1) is 20.8 Å². The molecule has 0 fully saturated rings. The fourth-order valence-corrected chi connectivity index (χ4v) is 2.64. The lowest BCUT2D eigenvalue weighted by Crippen LogP contribution is -2.29. The number of nitrogens with zero attached hydrogens (tertiary/aromatic N) is 1. The summed E-state index contributed by atoms with van der Waals surface area (Å²) in [5, 5.41) is 0. The Hall–Kier alpha value is -2.07. The van der Waals surface area contributed by atoms with Gasteiger partial charge in [-0.2, -0.15) is 0 Å². The van der Waals surface area contributed by atoms with Crippen molar-refractivity contribution in [3.63, 3.8) is 0 Å². The molecule has 1 unspecified atom stereocenters. The summed E-state index contributed by atoms with van der Waals surface area (Å²) in [6.45, 7) is 5.82. The molecule has 0 aliphatic heterocycles. The average Bonchev–Trinajstić information content (AvgIpc) is 2.44. The minimum Gasteiger partial charge on any atom is -0.496 e. The van der Waals surface area contributed by atoms with Crippen LogP contribution in [0.25, 0.3) is 0 Å². The lowest BCUT2D eigenvalue weighted by atomic mass is 9.95. The smallest absolute Gasteiger partial charge is 0.255 e. The summed E-state index contributed by atoms with van der Waals surface area (Å²) in [5.74, 6) is 0.819. The van der Waals surface area contributed by atoms with Gasteiger partial charge in [-0.15, -0.1) is 0 Å². The van der Waals surface area contributed by atoms with Crippen LogP contribution < -0.4 is 16.0 Å². The van der Waals surface area contributed by atoms with Crippen molar-refractivity contribution >= 4 is 0 Å². The predicted octanol–water partition coefficient (Wildman–Crippen LogP) is 2.37. The first-order valence-electron chi connectivity index (χ1n) is 6.94. The van der Waals surface area contributed by atoms with Crippen LogP contribution in [0.2, 0.25) is 0 Å². The van der Waals surface area contributed by atoms with Crippen molar-refractivity contribution in [2.24, 2.45) is 12.8 Å². The topological polar surface area (TPSA) is 57.2 Å². The summed E-state index contributed by atoms with van der Waals surface area (Å²) >= 11 is 0. The number of benzene rings is 1. The third-order valence-electron chi connectivity index (χ3n) is 4.00. The predicted molar refractivity (Wildman–Crippen MR) is 84.9 cm³/mol. The fraction of sp³-hybridized carbons (Fsp3) is 0.353. The van der Waals surface area contributed by atoms with Crippen molar-refractivity contribution in [3.8, 4) is 5.75 Å². The zero-order valence-electron chi connectivity index (χ0n) is 13.2. The number of aryl methyl sites for hydroxylation is 3. The summed E-state index contributed by atoms with van der Waals surface area (Å²) in [7, 11) is 3.41. The highest BCUT2D eigenvalue weighted by molar-refractivity contribution is 5.42. The maximum atomic E-state index is 12.5. The van der Waals surface area contributed by atoms with E-state index in [2.05, 4.69) is 0 Å². The van der Waals surface area contributed by atoms with Crippen LogP contribution in [0.1, 0.15) is 34.0 Å². The molecule has 1 heterocycles. The van der Waals surface area contributed by atoms with E-state index in [9.17, 15) is 4.79 Å². The number of rotatable bonds is 3. The van der Waals surface area contributed by atoms with E-state index < -0.39 is 6.04 Å². The molecule has 2 aromatic rings. The molecule has 21 heavy (non-hydrogen) atoms. The lowest BCUT2D eigenvalue weighted by Gasteiger charge is -2.18. The molecular weight excluding hydrogens is 264 g/mol. The SMILES string of the molecule is COc1ccc(C(N)c2c(C)cc(C)n(C)c2=O)cc1C. The van der Waals surface area contributed by atoms with E-state index in [1.165, 1.54) is 0 Å². The zero-order valence-corrected chi connectivity index (χ0v) is 13.2. The largest absolute Gasteiger partial charge is 0.496 e. The van der Waals surface area contributed by atoms with Crippen LogP contribution >= 0.6 is 0 Å². The van der Waals surface area contributed by atoms with Gasteiger partial charge in [0, 0.05) is 18.3 Å². The first kappa shape index (κ1) is 15.3. The maximum Gasteiger partial charge on any atom is 0.255 e. The van der Waals surface area contributed by atoms with Crippen LogP contribution in [0.5, 0.6) is 5.75 Å². The van der Waals surface area contributed by atoms with Gasteiger partial charge in [-0.3, -0.25) is 4.79 Å². The monoisotopic (exact) mass is 286 g/mol. The van der Waals surface area contributed by atoms with Gasteiger partial charge in [-0.1, -0.05) is 12.1 Å². The number of pyridine rings is 1. The minimum atomic E-state index is -0.436. The standard InChI is InChI=1S/C17H22N2O2/c1-10-9-13(6-7-14(10)21-5)16(18)15-11(2)8-12(3)19(4)17(15)20/h6-9,16H,18H2,1-5H3. The van der Waals surface area contributed by atoms with Gasteiger partial charge in [0.05, 0.1) is 13.2 Å². The molecule has 4 nitrogen and oxygen atoms in total. The fourth-order valence-electron chi connectivity index (χ4n) is 2.64. The van der Waals surface area contributed by atoms with Gasteiger partial charge in [-0.25, -0.2) is 0 Å². The van der Waals surface area contributed by atoms with Crippen molar-refractivity contribution in [2.75, 3.05) is 7.11 Å². The highest BCUT2D eigenvalue weighted by atomic mass is 16.5. The molecule has 1 aromatic heterocycles. The van der Waals surface area contributed by atoms with Gasteiger partial charge in [0.25, 0.3) is 5.56 Å². The molecule has 0 saturated heterocycles. The Morgan fingerprint density at radius 3 is 2.38 bits per heavy atom. The van der Waals surface area contributed by atoms with Gasteiger partial charge >= 0.3 is 0 Å². The highest BCUT2D eigenvalue weighted by Gasteiger charge is 2.18. The second-order valence-electron chi connectivity index (χ2n) is 5.45. The highest BCUT2D eigenvalue weighted by Crippen LogP contribution is 2.25. The van der Waals surface area contributed by atoms with Crippen molar-refractivity contribution in [3.05, 3.63) is 62.6 Å². The van der Waals surface area contributed by atoms with Crippen molar-refractivity contribution < 1.29 is 4.74 Å². The second kappa shape index (κ2) is 5.74. The Bertz CT molecular complexity index is 732. The van der Waals surface area contributed by atoms with Crippen LogP contribution in [-0.4, -0.2) is 11.7 Å². The summed E-state index contributed by atoms with van der Waals surface area (Å²) in [6, 6.07) is 7.33. The van der Waals surface area contributed by atoms with Crippen molar-refractivity contribution in [1.82, 2.24) is 4.57 Å². The minimum absolute atomic E-state index is 0.0338. The first-order valence-corrected chi connectivity index (χ1v) is 6.94. The molecule has 0 aliphatic carbocycles. The van der Waals surface area contributed by atoms with E-state index in [0.29, 0.717) is 5.56 Å². The van der Waals surface area contributed by atoms with Crippen LogP contribution in [0.3, 0.4) is 0 Å². The molecule has 0 saturated carbocycles. The molecule has 0 aliphatic rings. The van der Waals surface area contributed by atoms with Gasteiger partial charge in [0.2, 0.25) is 0 Å². The molecule has 1 atom stereocenters. The van der Waals surface area contributed by atoms with Gasteiger partial charge in [0.1, 0.15) is 5.75 Å². The Balaban J connectivity index is 2.55. The molecule has 2 rings (SSSR count). The number of methoxy groups -OCH3 is 1. The molecule has 0 amide bonds. The van der Waals surface area contributed by atoms with Gasteiger partial charge in [0.15, 0.2) is 0 Å². The molecule has 0 spiro atoms. The van der Waals surface area contributed by atoms with Crippen LogP contribution in [0.4, 0.5) is 0 Å². The molecule has 0 bridgehead atoms. The van der Waals surface area contributed by atoms with Crippen molar-refractivity contribution in [1.29, 1.82) is 0 Å². The summed E-state index contributed by atoms with van der Waals surface area (Å²) in [6.07, 6.45) is 0. The molecule has 1 aromatic carbocycles. The van der Waals surface area contributed by atoms with Gasteiger partial charge < -0.3 is 15.0 Å². The van der Waals surface area contributed by atoms with E-state index in [-0.39, 0.29) is 5.56 Å². The number of hydrogen-bond acceptors (Lipinski definition) is 3. The lowest BCUT2D eigenvalue weighted by molar-refractivity contribution is 0.411. The summed E-state index contributed by atoms with van der Waals surface area (Å²) in [4.78, 5) is 12.5. The zero-order chi connectivity index (χ0) is 15.7. The van der Waals surface area contributed by atoms with E-state index >= 15 is 0 Å². The van der Waals surface area contributed by atoms with E-state index in [4.69, 9.17) is 10.5 Å². The molecule has 2 N–H and O–H groups in total. The molecule has 4 heteroatoms. The third kappa shape index (κ3) is 2.72. The number of ether oxygens (including phenoxy) is 1. The maximum absolute atomic E-state index is 12.5. The third-order valence-corrected chi connectivity index (χ3v) is 4.00. The van der Waals surface area contributed by atoms with E-state index in [0.717, 1.165) is 28.1 Å². The van der Waals surface area contributed by atoms with Crippen LogP contribution in [0.15, 0.2) is 29.1 Å². The number of hydrogen-bond donors (Lipinski definition) is 1. The Morgan fingerprint density at radius 2 is 1.81 bits per heavy atom. The summed E-state index contributed by atoms with van der Waals surface area (Å²) in [5.41, 5.74) is 10.7. The van der Waals surface area contributed by atoms with Gasteiger partial charge in [-0.05, 0) is 49.6 Å². The quantitative estimate of drug-likeness (QED) is 0.942. The van der Waals surface area contributed by atoms with E-state index in [1.54, 1.807) is 18.7 Å².